The van der Waals surface area contributed by atoms with Gasteiger partial charge < -0.3 is 19.7 Å². The summed E-state index contributed by atoms with van der Waals surface area (Å²) >= 11 is 3.74. The maximum Gasteiger partial charge on any atom is 0.305 e. The fourth-order valence-electron chi connectivity index (χ4n) is 4.71. The molecule has 0 bridgehead atoms. The second kappa shape index (κ2) is 11.7. The van der Waals surface area contributed by atoms with E-state index in [-0.39, 0.29) is 41.1 Å². The summed E-state index contributed by atoms with van der Waals surface area (Å²) in [7, 11) is 1.42. The molecule has 2 fully saturated rings. The van der Waals surface area contributed by atoms with Crippen LogP contribution in [0.3, 0.4) is 0 Å². The SMILES string of the molecule is CCCCC[C@H](O)CC[C@@H]1[C@H]2CC(C(Br)CCCC(=O)OC)O[C@@H]2C[C@H]1O. The number of alkyl halides is 1. The molecule has 27 heavy (non-hydrogen) atoms. The molecule has 158 valence electrons. The molecule has 1 aliphatic heterocycles. The zero-order valence-corrected chi connectivity index (χ0v) is 18.4. The number of carbonyl (C=O) groups excluding carboxylic acids is 1. The molecule has 0 aromatic rings. The minimum atomic E-state index is -0.308. The molecule has 0 radical (unpaired) electrons. The molecule has 2 unspecified atom stereocenters. The van der Waals surface area contributed by atoms with Gasteiger partial charge in [-0.05, 0) is 50.4 Å². The normalized spacial score (nSPS) is 32.3. The van der Waals surface area contributed by atoms with Gasteiger partial charge in [0.25, 0.3) is 0 Å². The maximum absolute atomic E-state index is 11.2. The molecule has 0 aromatic carbocycles. The lowest BCUT2D eigenvalue weighted by Crippen LogP contribution is -2.25. The Bertz CT molecular complexity index is 446. The van der Waals surface area contributed by atoms with Crippen LogP contribution in [-0.2, 0) is 14.3 Å². The predicted octanol–water partition coefficient (Wildman–Crippen LogP) is 3.97. The summed E-state index contributed by atoms with van der Waals surface area (Å²) in [5, 5.41) is 20.7. The Hall–Kier alpha value is -0.170. The summed E-state index contributed by atoms with van der Waals surface area (Å²) in [5.41, 5.74) is 0. The molecule has 1 heterocycles. The lowest BCUT2D eigenvalue weighted by atomic mass is 9.85. The second-order valence-corrected chi connectivity index (χ2v) is 9.47. The minimum Gasteiger partial charge on any atom is -0.469 e. The van der Waals surface area contributed by atoms with Crippen molar-refractivity contribution in [2.45, 2.75) is 107 Å². The van der Waals surface area contributed by atoms with E-state index >= 15 is 0 Å². The number of esters is 1. The first-order chi connectivity index (χ1) is 13.0. The van der Waals surface area contributed by atoms with Crippen LogP contribution in [0.15, 0.2) is 0 Å². The molecule has 1 saturated carbocycles. The van der Waals surface area contributed by atoms with E-state index in [1.54, 1.807) is 0 Å². The van der Waals surface area contributed by atoms with Gasteiger partial charge >= 0.3 is 5.97 Å². The topological polar surface area (TPSA) is 76.0 Å². The minimum absolute atomic E-state index is 0.132. The number of hydrogen-bond donors (Lipinski definition) is 2. The van der Waals surface area contributed by atoms with Gasteiger partial charge in [-0.15, -0.1) is 0 Å². The van der Waals surface area contributed by atoms with Crippen molar-refractivity contribution in [1.82, 2.24) is 0 Å². The van der Waals surface area contributed by atoms with Crippen molar-refractivity contribution in [3.8, 4) is 0 Å². The first kappa shape index (κ1) is 23.1. The third kappa shape index (κ3) is 6.98. The quantitative estimate of drug-likeness (QED) is 0.268. The van der Waals surface area contributed by atoms with Gasteiger partial charge in [-0.3, -0.25) is 4.79 Å². The van der Waals surface area contributed by atoms with E-state index in [0.717, 1.165) is 44.9 Å². The Kier molecular flexibility index (Phi) is 10.0. The number of halogens is 1. The fraction of sp³-hybridized carbons (Fsp3) is 0.952. The smallest absolute Gasteiger partial charge is 0.305 e. The van der Waals surface area contributed by atoms with Crippen molar-refractivity contribution < 1.29 is 24.5 Å². The van der Waals surface area contributed by atoms with Crippen LogP contribution in [0.25, 0.3) is 0 Å². The monoisotopic (exact) mass is 448 g/mol. The summed E-state index contributed by atoms with van der Waals surface area (Å²) in [6.07, 6.45) is 9.42. The van der Waals surface area contributed by atoms with Gasteiger partial charge in [-0.2, -0.15) is 0 Å². The fourth-order valence-corrected chi connectivity index (χ4v) is 5.37. The van der Waals surface area contributed by atoms with Gasteiger partial charge in [0, 0.05) is 17.7 Å². The molecular formula is C21H37BrO5. The molecule has 5 nitrogen and oxygen atoms in total. The van der Waals surface area contributed by atoms with Crippen molar-refractivity contribution in [2.24, 2.45) is 11.8 Å². The van der Waals surface area contributed by atoms with Gasteiger partial charge in [0.05, 0.1) is 31.5 Å². The van der Waals surface area contributed by atoms with Crippen molar-refractivity contribution >= 4 is 21.9 Å². The van der Waals surface area contributed by atoms with Crippen LogP contribution in [0.1, 0.15) is 77.6 Å². The van der Waals surface area contributed by atoms with Crippen molar-refractivity contribution in [3.63, 3.8) is 0 Å². The molecule has 1 aliphatic carbocycles. The zero-order chi connectivity index (χ0) is 19.8. The molecule has 0 aromatic heterocycles. The average molecular weight is 449 g/mol. The second-order valence-electron chi connectivity index (χ2n) is 8.29. The molecule has 7 atom stereocenters. The molecular weight excluding hydrogens is 412 g/mol. The standard InChI is InChI=1S/C21H37BrO5/c1-3-4-5-7-14(23)10-11-15-16-12-20(27-19(16)13-18(15)24)17(22)8-6-9-21(25)26-2/h14-20,23-24H,3-13H2,1-2H3/t14-,15+,16+,17?,18+,19+,20?/m0/s1. The highest BCUT2D eigenvalue weighted by Crippen LogP contribution is 2.47. The van der Waals surface area contributed by atoms with Gasteiger partial charge in [-0.25, -0.2) is 0 Å². The summed E-state index contributed by atoms with van der Waals surface area (Å²) in [4.78, 5) is 11.5. The molecule has 0 amide bonds. The van der Waals surface area contributed by atoms with E-state index in [9.17, 15) is 15.0 Å². The van der Waals surface area contributed by atoms with Gasteiger partial charge in [0.2, 0.25) is 0 Å². The molecule has 2 aliphatic rings. The van der Waals surface area contributed by atoms with Crippen LogP contribution in [0.4, 0.5) is 0 Å². The summed E-state index contributed by atoms with van der Waals surface area (Å²) < 4.78 is 10.9. The Morgan fingerprint density at radius 3 is 2.70 bits per heavy atom. The molecule has 2 rings (SSSR count). The number of hydrogen-bond acceptors (Lipinski definition) is 5. The lowest BCUT2D eigenvalue weighted by Gasteiger charge is -2.23. The number of unbranched alkanes of at least 4 members (excludes halogenated alkanes) is 2. The first-order valence-corrected chi connectivity index (χ1v) is 11.6. The van der Waals surface area contributed by atoms with E-state index < -0.39 is 0 Å². The van der Waals surface area contributed by atoms with Crippen LogP contribution in [-0.4, -0.2) is 52.5 Å². The van der Waals surface area contributed by atoms with Gasteiger partial charge in [-0.1, -0.05) is 42.1 Å². The Balaban J connectivity index is 1.74. The number of aliphatic hydroxyl groups excluding tert-OH is 2. The predicted molar refractivity (Wildman–Crippen MR) is 109 cm³/mol. The molecule has 0 spiro atoms. The van der Waals surface area contributed by atoms with Crippen LogP contribution in [0.5, 0.6) is 0 Å². The Morgan fingerprint density at radius 1 is 1.22 bits per heavy atom. The number of rotatable bonds is 12. The highest BCUT2D eigenvalue weighted by molar-refractivity contribution is 9.09. The highest BCUT2D eigenvalue weighted by Gasteiger charge is 2.49. The first-order valence-electron chi connectivity index (χ1n) is 10.7. The summed E-state index contributed by atoms with van der Waals surface area (Å²) in [6.45, 7) is 2.17. The van der Waals surface area contributed by atoms with Crippen LogP contribution in [0, 0.1) is 11.8 Å². The number of aliphatic hydroxyl groups is 2. The number of methoxy groups -OCH3 is 1. The highest BCUT2D eigenvalue weighted by atomic mass is 79.9. The van der Waals surface area contributed by atoms with Crippen LogP contribution >= 0.6 is 15.9 Å². The molecule has 1 saturated heterocycles. The van der Waals surface area contributed by atoms with E-state index in [4.69, 9.17) is 4.74 Å². The summed E-state index contributed by atoms with van der Waals surface area (Å²) in [6, 6.07) is 0. The third-order valence-corrected chi connectivity index (χ3v) is 7.36. The largest absolute Gasteiger partial charge is 0.469 e. The summed E-state index contributed by atoms with van der Waals surface area (Å²) in [5.74, 6) is 0.448. The third-order valence-electron chi connectivity index (χ3n) is 6.32. The van der Waals surface area contributed by atoms with Crippen molar-refractivity contribution in [2.75, 3.05) is 7.11 Å². The van der Waals surface area contributed by atoms with Crippen molar-refractivity contribution in [3.05, 3.63) is 0 Å². The number of carbonyl (C=O) groups is 1. The Morgan fingerprint density at radius 2 is 2.00 bits per heavy atom. The zero-order valence-electron chi connectivity index (χ0n) is 16.8. The van der Waals surface area contributed by atoms with E-state index in [2.05, 4.69) is 27.6 Å². The van der Waals surface area contributed by atoms with Crippen molar-refractivity contribution in [1.29, 1.82) is 0 Å². The maximum atomic E-state index is 11.2. The van der Waals surface area contributed by atoms with Crippen LogP contribution < -0.4 is 0 Å². The van der Waals surface area contributed by atoms with E-state index in [1.807, 2.05) is 0 Å². The lowest BCUT2D eigenvalue weighted by molar-refractivity contribution is -0.140. The van der Waals surface area contributed by atoms with Gasteiger partial charge in [0.15, 0.2) is 0 Å². The molecule has 6 heteroatoms. The van der Waals surface area contributed by atoms with E-state index in [0.29, 0.717) is 18.8 Å². The molecule has 2 N–H and O–H groups in total. The van der Waals surface area contributed by atoms with Gasteiger partial charge in [0.1, 0.15) is 0 Å². The number of fused-ring (bicyclic) bond motifs is 1. The average Bonchev–Trinajstić information content (AvgIpc) is 3.17. The van der Waals surface area contributed by atoms with Crippen LogP contribution in [0.2, 0.25) is 0 Å². The Labute approximate surface area is 172 Å². The number of ether oxygens (including phenoxy) is 2. The van der Waals surface area contributed by atoms with E-state index in [1.165, 1.54) is 20.0 Å².